The van der Waals surface area contributed by atoms with Crippen molar-refractivity contribution < 1.29 is 27.1 Å². The molecule has 0 saturated heterocycles. The first kappa shape index (κ1) is 21.8. The number of amides is 1. The number of hydrogen-bond donors (Lipinski definition) is 2. The molecule has 3 aromatic rings. The Morgan fingerprint density at radius 1 is 0.938 bits per heavy atom. The van der Waals surface area contributed by atoms with E-state index in [9.17, 15) is 17.6 Å². The fourth-order valence-corrected chi connectivity index (χ4v) is 4.47. The Bertz CT molecular complexity index is 1200. The van der Waals surface area contributed by atoms with E-state index >= 15 is 0 Å². The third kappa shape index (κ3) is 5.24. The van der Waals surface area contributed by atoms with Gasteiger partial charge in [0, 0.05) is 6.54 Å². The van der Waals surface area contributed by atoms with Crippen LogP contribution in [0.25, 0.3) is 0 Å². The van der Waals surface area contributed by atoms with Gasteiger partial charge >= 0.3 is 0 Å². The largest absolute Gasteiger partial charge is 0.454 e. The fraction of sp³-hybridized carbons (Fsp3) is 0.174. The third-order valence-electron chi connectivity index (χ3n) is 4.92. The Morgan fingerprint density at radius 3 is 2.41 bits per heavy atom. The number of carbonyl (C=O) groups is 1. The summed E-state index contributed by atoms with van der Waals surface area (Å²) >= 11 is 0. The summed E-state index contributed by atoms with van der Waals surface area (Å²) in [7, 11) is -4.05. The van der Waals surface area contributed by atoms with E-state index < -0.39 is 27.8 Å². The first-order valence-corrected chi connectivity index (χ1v) is 11.4. The monoisotopic (exact) mass is 456 g/mol. The molecule has 0 aliphatic carbocycles. The number of halogens is 1. The van der Waals surface area contributed by atoms with Gasteiger partial charge in [-0.15, -0.1) is 0 Å². The molecule has 1 amide bonds. The second-order valence-electron chi connectivity index (χ2n) is 7.22. The minimum Gasteiger partial charge on any atom is -0.454 e. The number of rotatable bonds is 8. The molecule has 0 saturated carbocycles. The lowest BCUT2D eigenvalue weighted by atomic mass is 10.1. The van der Waals surface area contributed by atoms with Gasteiger partial charge in [-0.1, -0.05) is 36.4 Å². The van der Waals surface area contributed by atoms with Gasteiger partial charge in [0.25, 0.3) is 0 Å². The summed E-state index contributed by atoms with van der Waals surface area (Å²) < 4.78 is 51.9. The van der Waals surface area contributed by atoms with E-state index in [0.717, 1.165) is 35.4 Å². The van der Waals surface area contributed by atoms with Crippen LogP contribution in [-0.4, -0.2) is 27.2 Å². The maximum atomic E-state index is 13.2. The van der Waals surface area contributed by atoms with Gasteiger partial charge < -0.3 is 14.8 Å². The number of fused-ring (bicyclic) bond motifs is 1. The van der Waals surface area contributed by atoms with E-state index in [1.54, 1.807) is 18.2 Å². The quantitative estimate of drug-likeness (QED) is 0.544. The average Bonchev–Trinajstić information content (AvgIpc) is 3.26. The summed E-state index contributed by atoms with van der Waals surface area (Å²) in [4.78, 5) is 12.8. The van der Waals surface area contributed by atoms with E-state index in [4.69, 9.17) is 9.47 Å². The zero-order chi connectivity index (χ0) is 22.6. The number of nitrogens with one attached hydrogen (secondary N) is 2. The van der Waals surface area contributed by atoms with Crippen molar-refractivity contribution in [3.8, 4) is 11.5 Å². The van der Waals surface area contributed by atoms with Crippen LogP contribution in [0.2, 0.25) is 0 Å². The van der Waals surface area contributed by atoms with Crippen LogP contribution in [0.5, 0.6) is 11.5 Å². The number of benzene rings is 3. The number of carbonyl (C=O) groups excluding carboxylic acids is 1. The minimum atomic E-state index is -4.05. The van der Waals surface area contributed by atoms with E-state index in [1.165, 1.54) is 0 Å². The Balaban J connectivity index is 1.50. The van der Waals surface area contributed by atoms with Crippen molar-refractivity contribution in [3.05, 3.63) is 89.7 Å². The second-order valence-corrected chi connectivity index (χ2v) is 8.94. The van der Waals surface area contributed by atoms with Crippen LogP contribution in [0.1, 0.15) is 11.1 Å². The topological polar surface area (TPSA) is 93.7 Å². The first-order valence-electron chi connectivity index (χ1n) is 9.89. The van der Waals surface area contributed by atoms with E-state index in [1.807, 2.05) is 30.3 Å². The zero-order valence-corrected chi connectivity index (χ0v) is 17.8. The lowest BCUT2D eigenvalue weighted by Crippen LogP contribution is -2.47. The molecule has 0 unspecified atom stereocenters. The van der Waals surface area contributed by atoms with Crippen LogP contribution >= 0.6 is 0 Å². The van der Waals surface area contributed by atoms with Gasteiger partial charge in [-0.2, -0.15) is 4.72 Å². The van der Waals surface area contributed by atoms with Crippen LogP contribution in [-0.2, 0) is 27.8 Å². The standard InChI is InChI=1S/C23H21FN2O5S/c24-18-7-9-19(10-8-18)32(28,29)26-20(12-16-4-2-1-3-5-16)23(27)25-14-17-6-11-21-22(13-17)31-15-30-21/h1-11,13,20,26H,12,14-15H2,(H,25,27)/t20-/m1/s1. The van der Waals surface area contributed by atoms with Crippen molar-refractivity contribution >= 4 is 15.9 Å². The highest BCUT2D eigenvalue weighted by atomic mass is 32.2. The number of ether oxygens (including phenoxy) is 2. The second kappa shape index (κ2) is 9.37. The molecular formula is C23H21FN2O5S. The molecule has 0 bridgehead atoms. The van der Waals surface area contributed by atoms with Crippen LogP contribution in [0.15, 0.2) is 77.7 Å². The van der Waals surface area contributed by atoms with Gasteiger partial charge in [-0.3, -0.25) is 4.79 Å². The molecular weight excluding hydrogens is 435 g/mol. The summed E-state index contributed by atoms with van der Waals surface area (Å²) in [6, 6.07) is 17.7. The molecule has 0 aromatic heterocycles. The molecule has 1 aliphatic heterocycles. The maximum Gasteiger partial charge on any atom is 0.241 e. The molecule has 1 aliphatic rings. The highest BCUT2D eigenvalue weighted by molar-refractivity contribution is 7.89. The van der Waals surface area contributed by atoms with Gasteiger partial charge in [0.15, 0.2) is 11.5 Å². The summed E-state index contributed by atoms with van der Waals surface area (Å²) in [6.45, 7) is 0.328. The van der Waals surface area contributed by atoms with Crippen LogP contribution in [0.4, 0.5) is 4.39 Å². The van der Waals surface area contributed by atoms with Crippen molar-refractivity contribution in [2.24, 2.45) is 0 Å². The van der Waals surface area contributed by atoms with Crippen LogP contribution in [0, 0.1) is 5.82 Å². The lowest BCUT2D eigenvalue weighted by Gasteiger charge is -2.19. The van der Waals surface area contributed by atoms with Gasteiger partial charge in [0.05, 0.1) is 4.90 Å². The Morgan fingerprint density at radius 2 is 1.66 bits per heavy atom. The smallest absolute Gasteiger partial charge is 0.241 e. The Labute approximate surface area is 185 Å². The van der Waals surface area contributed by atoms with Gasteiger partial charge in [-0.05, 0) is 53.9 Å². The predicted molar refractivity (Wildman–Crippen MR) is 115 cm³/mol. The SMILES string of the molecule is O=C(NCc1ccc2c(c1)OCO2)[C@@H](Cc1ccccc1)NS(=O)(=O)c1ccc(F)cc1. The van der Waals surface area contributed by atoms with Crippen LogP contribution < -0.4 is 19.5 Å². The molecule has 0 radical (unpaired) electrons. The fourth-order valence-electron chi connectivity index (χ4n) is 3.27. The summed E-state index contributed by atoms with van der Waals surface area (Å²) in [5.74, 6) is 0.187. The van der Waals surface area contributed by atoms with Gasteiger partial charge in [0.2, 0.25) is 22.7 Å². The molecule has 3 aromatic carbocycles. The van der Waals surface area contributed by atoms with Crippen LogP contribution in [0.3, 0.4) is 0 Å². The van der Waals surface area contributed by atoms with Gasteiger partial charge in [0.1, 0.15) is 11.9 Å². The third-order valence-corrected chi connectivity index (χ3v) is 6.41. The highest BCUT2D eigenvalue weighted by Crippen LogP contribution is 2.32. The van der Waals surface area contributed by atoms with Crippen molar-refractivity contribution in [1.82, 2.24) is 10.0 Å². The summed E-state index contributed by atoms with van der Waals surface area (Å²) in [6.07, 6.45) is 0.147. The molecule has 0 spiro atoms. The Hall–Kier alpha value is -3.43. The molecule has 4 rings (SSSR count). The molecule has 2 N–H and O–H groups in total. The van der Waals surface area contributed by atoms with Crippen molar-refractivity contribution in [2.45, 2.75) is 23.9 Å². The predicted octanol–water partition coefficient (Wildman–Crippen LogP) is 2.76. The maximum absolute atomic E-state index is 13.2. The van der Waals surface area contributed by atoms with E-state index in [-0.39, 0.29) is 24.7 Å². The summed E-state index contributed by atoms with van der Waals surface area (Å²) in [5, 5.41) is 2.77. The normalized spacial score (nSPS) is 13.5. The molecule has 1 heterocycles. The number of hydrogen-bond acceptors (Lipinski definition) is 5. The Kier molecular flexibility index (Phi) is 6.38. The van der Waals surface area contributed by atoms with E-state index in [0.29, 0.717) is 11.5 Å². The molecule has 9 heteroatoms. The summed E-state index contributed by atoms with van der Waals surface area (Å²) in [5.41, 5.74) is 1.57. The lowest BCUT2D eigenvalue weighted by molar-refractivity contribution is -0.122. The highest BCUT2D eigenvalue weighted by Gasteiger charge is 2.26. The molecule has 7 nitrogen and oxygen atoms in total. The number of sulfonamides is 1. The van der Waals surface area contributed by atoms with E-state index in [2.05, 4.69) is 10.0 Å². The molecule has 32 heavy (non-hydrogen) atoms. The average molecular weight is 456 g/mol. The van der Waals surface area contributed by atoms with Gasteiger partial charge in [-0.25, -0.2) is 12.8 Å². The molecule has 0 fully saturated rings. The zero-order valence-electron chi connectivity index (χ0n) is 17.0. The minimum absolute atomic E-state index is 0.125. The molecule has 166 valence electrons. The van der Waals surface area contributed by atoms with Crippen molar-refractivity contribution in [3.63, 3.8) is 0 Å². The van der Waals surface area contributed by atoms with Crippen molar-refractivity contribution in [1.29, 1.82) is 0 Å². The van der Waals surface area contributed by atoms with Crippen molar-refractivity contribution in [2.75, 3.05) is 6.79 Å². The first-order chi connectivity index (χ1) is 15.4. The molecule has 1 atom stereocenters.